The summed E-state index contributed by atoms with van der Waals surface area (Å²) >= 11 is 5.85. The van der Waals surface area contributed by atoms with Gasteiger partial charge in [0.05, 0.1) is 27.3 Å². The lowest BCUT2D eigenvalue weighted by molar-refractivity contribution is 0.105. The number of hydrogen-bond donors (Lipinski definition) is 2. The number of rotatable bonds is 3. The molecule has 25 heavy (non-hydrogen) atoms. The van der Waals surface area contributed by atoms with Crippen LogP contribution in [0, 0.1) is 0 Å². The van der Waals surface area contributed by atoms with Gasteiger partial charge in [-0.15, -0.1) is 0 Å². The van der Waals surface area contributed by atoms with Crippen LogP contribution in [0.1, 0.15) is 17.2 Å². The fraction of sp³-hybridized carbons (Fsp3) is 0.278. The molecule has 6 nitrogen and oxygen atoms in total. The maximum atomic E-state index is 12.6. The second-order valence-corrected chi connectivity index (χ2v) is 6.13. The Morgan fingerprint density at radius 2 is 1.80 bits per heavy atom. The first-order chi connectivity index (χ1) is 12.0. The summed E-state index contributed by atoms with van der Waals surface area (Å²) in [7, 11) is 3.11. The highest BCUT2D eigenvalue weighted by Crippen LogP contribution is 2.39. The predicted octanol–water partition coefficient (Wildman–Crippen LogP) is 3.44. The summed E-state index contributed by atoms with van der Waals surface area (Å²) in [5.41, 5.74) is 2.04. The van der Waals surface area contributed by atoms with Gasteiger partial charge in [-0.25, -0.2) is 4.79 Å². The third-order valence-electron chi connectivity index (χ3n) is 4.17. The van der Waals surface area contributed by atoms with E-state index in [9.17, 15) is 9.90 Å². The van der Waals surface area contributed by atoms with Gasteiger partial charge in [0, 0.05) is 21.8 Å². The number of hydrogen-bond acceptors (Lipinski definition) is 4. The van der Waals surface area contributed by atoms with Crippen LogP contribution in [0.5, 0.6) is 11.5 Å². The number of methoxy groups -OCH3 is 2. The number of aliphatic hydroxyl groups is 1. The number of nitrogens with zero attached hydrogens (tertiary/aromatic N) is 1. The quantitative estimate of drug-likeness (QED) is 0.877. The van der Waals surface area contributed by atoms with Gasteiger partial charge in [-0.1, -0.05) is 11.6 Å². The lowest BCUT2D eigenvalue weighted by atomic mass is 9.95. The van der Waals surface area contributed by atoms with Crippen LogP contribution in [0.25, 0.3) is 0 Å². The average Bonchev–Trinajstić information content (AvgIpc) is 2.62. The zero-order chi connectivity index (χ0) is 18.0. The fourth-order valence-corrected chi connectivity index (χ4v) is 3.09. The molecular weight excluding hydrogens is 344 g/mol. The maximum Gasteiger partial charge on any atom is 0.322 e. The molecule has 0 aliphatic carbocycles. The molecule has 0 saturated heterocycles. The first kappa shape index (κ1) is 17.4. The molecule has 0 bridgehead atoms. The minimum Gasteiger partial charge on any atom is -0.496 e. The Hall–Kier alpha value is -2.44. The molecule has 2 aromatic carbocycles. The van der Waals surface area contributed by atoms with Gasteiger partial charge in [0.1, 0.15) is 17.6 Å². The van der Waals surface area contributed by atoms with Crippen molar-refractivity contribution in [3.05, 3.63) is 52.5 Å². The number of carbonyl (C=O) groups is 1. The number of nitrogens with one attached hydrogen (secondary N) is 1. The number of urea groups is 1. The Kier molecular flexibility index (Phi) is 5.01. The lowest BCUT2D eigenvalue weighted by Gasteiger charge is -2.34. The number of halogens is 1. The number of anilines is 1. The van der Waals surface area contributed by atoms with E-state index in [1.807, 2.05) is 0 Å². The molecule has 1 atom stereocenters. The van der Waals surface area contributed by atoms with Gasteiger partial charge in [0.25, 0.3) is 0 Å². The lowest BCUT2D eigenvalue weighted by Crippen LogP contribution is -2.41. The molecule has 2 N–H and O–H groups in total. The number of aliphatic hydroxyl groups excluding tert-OH is 1. The van der Waals surface area contributed by atoms with E-state index in [0.717, 1.165) is 5.56 Å². The molecule has 2 aromatic rings. The zero-order valence-electron chi connectivity index (χ0n) is 14.0. The molecule has 0 fully saturated rings. The fourth-order valence-electron chi connectivity index (χ4n) is 2.97. The van der Waals surface area contributed by atoms with Crippen LogP contribution in [0.3, 0.4) is 0 Å². The maximum absolute atomic E-state index is 12.6. The molecule has 3 rings (SSSR count). The van der Waals surface area contributed by atoms with Crippen LogP contribution < -0.4 is 14.8 Å². The van der Waals surface area contributed by atoms with Crippen molar-refractivity contribution in [1.29, 1.82) is 0 Å². The minimum atomic E-state index is -0.857. The van der Waals surface area contributed by atoms with E-state index in [0.29, 0.717) is 34.3 Å². The molecule has 1 heterocycles. The van der Waals surface area contributed by atoms with Gasteiger partial charge in [0.15, 0.2) is 0 Å². The molecule has 0 spiro atoms. The summed E-state index contributed by atoms with van der Waals surface area (Å²) in [6, 6.07) is 10.1. The van der Waals surface area contributed by atoms with E-state index in [-0.39, 0.29) is 12.6 Å². The normalized spacial score (nSPS) is 16.2. The number of benzene rings is 2. The van der Waals surface area contributed by atoms with Crippen LogP contribution in [0.2, 0.25) is 5.02 Å². The van der Waals surface area contributed by atoms with E-state index in [4.69, 9.17) is 21.1 Å². The Bertz CT molecular complexity index is 779. The Labute approximate surface area is 150 Å². The predicted molar refractivity (Wildman–Crippen MR) is 95.4 cm³/mol. The summed E-state index contributed by atoms with van der Waals surface area (Å²) in [5, 5.41) is 13.9. The van der Waals surface area contributed by atoms with Gasteiger partial charge >= 0.3 is 6.03 Å². The monoisotopic (exact) mass is 362 g/mol. The van der Waals surface area contributed by atoms with Crippen molar-refractivity contribution in [3.63, 3.8) is 0 Å². The minimum absolute atomic E-state index is 0.163. The molecule has 0 saturated carbocycles. The third-order valence-corrected chi connectivity index (χ3v) is 4.42. The van der Waals surface area contributed by atoms with Crippen LogP contribution in [0.15, 0.2) is 36.4 Å². The molecule has 7 heteroatoms. The SMILES string of the molecule is COc1ccc(OC)c2c1CN(C(=O)Nc1ccc(Cl)cc1)C[C@@H]2O. The summed E-state index contributed by atoms with van der Waals surface area (Å²) in [5.74, 6) is 1.19. The molecule has 0 aromatic heterocycles. The topological polar surface area (TPSA) is 71.0 Å². The van der Waals surface area contributed by atoms with Crippen molar-refractivity contribution < 1.29 is 19.4 Å². The molecule has 2 amide bonds. The van der Waals surface area contributed by atoms with E-state index in [1.54, 1.807) is 50.6 Å². The summed E-state index contributed by atoms with van der Waals surface area (Å²) in [6.45, 7) is 0.474. The zero-order valence-corrected chi connectivity index (χ0v) is 14.7. The third kappa shape index (κ3) is 3.50. The van der Waals surface area contributed by atoms with Crippen molar-refractivity contribution >= 4 is 23.3 Å². The van der Waals surface area contributed by atoms with Crippen molar-refractivity contribution in [2.75, 3.05) is 26.1 Å². The number of carbonyl (C=O) groups excluding carboxylic acids is 1. The second-order valence-electron chi connectivity index (χ2n) is 5.70. The molecule has 132 valence electrons. The van der Waals surface area contributed by atoms with Crippen molar-refractivity contribution in [3.8, 4) is 11.5 Å². The van der Waals surface area contributed by atoms with E-state index in [2.05, 4.69) is 5.32 Å². The van der Waals surface area contributed by atoms with Crippen LogP contribution >= 0.6 is 11.6 Å². The van der Waals surface area contributed by atoms with E-state index >= 15 is 0 Å². The summed E-state index contributed by atoms with van der Waals surface area (Å²) in [4.78, 5) is 14.1. The number of ether oxygens (including phenoxy) is 2. The largest absolute Gasteiger partial charge is 0.496 e. The van der Waals surface area contributed by atoms with Crippen LogP contribution in [0.4, 0.5) is 10.5 Å². The Balaban J connectivity index is 1.85. The van der Waals surface area contributed by atoms with Gasteiger partial charge in [-0.05, 0) is 36.4 Å². The summed E-state index contributed by atoms with van der Waals surface area (Å²) in [6.07, 6.45) is -0.857. The first-order valence-electron chi connectivity index (χ1n) is 7.76. The van der Waals surface area contributed by atoms with Crippen LogP contribution in [-0.2, 0) is 6.54 Å². The van der Waals surface area contributed by atoms with Crippen molar-refractivity contribution in [1.82, 2.24) is 4.90 Å². The molecule has 1 aliphatic heterocycles. The van der Waals surface area contributed by atoms with Gasteiger partial charge in [0.2, 0.25) is 0 Å². The Morgan fingerprint density at radius 1 is 1.16 bits per heavy atom. The molecular formula is C18H19ClN2O4. The highest BCUT2D eigenvalue weighted by atomic mass is 35.5. The first-order valence-corrected chi connectivity index (χ1v) is 8.14. The van der Waals surface area contributed by atoms with Gasteiger partial charge in [-0.3, -0.25) is 0 Å². The van der Waals surface area contributed by atoms with Gasteiger partial charge in [-0.2, -0.15) is 0 Å². The molecule has 0 unspecified atom stereocenters. The highest BCUT2D eigenvalue weighted by Gasteiger charge is 2.31. The number of fused-ring (bicyclic) bond motifs is 1. The Morgan fingerprint density at radius 3 is 2.44 bits per heavy atom. The van der Waals surface area contributed by atoms with E-state index < -0.39 is 6.10 Å². The standard InChI is InChI=1S/C18H19ClN2O4/c1-24-15-7-8-16(25-2)17-13(15)9-21(10-14(17)22)18(23)20-12-5-3-11(19)4-6-12/h3-8,14,22H,9-10H2,1-2H3,(H,20,23)/t14-/m0/s1. The molecule has 1 aliphatic rings. The average molecular weight is 363 g/mol. The van der Waals surface area contributed by atoms with Crippen molar-refractivity contribution in [2.24, 2.45) is 0 Å². The second kappa shape index (κ2) is 7.21. The summed E-state index contributed by atoms with van der Waals surface area (Å²) < 4.78 is 10.7. The van der Waals surface area contributed by atoms with Crippen molar-refractivity contribution in [2.45, 2.75) is 12.6 Å². The van der Waals surface area contributed by atoms with E-state index in [1.165, 1.54) is 4.90 Å². The molecule has 0 radical (unpaired) electrons. The number of β-amino-alcohol motifs (C(OH)–C–C–N with tert-alkyl or cyclic N) is 1. The van der Waals surface area contributed by atoms with Gasteiger partial charge < -0.3 is 24.8 Å². The highest BCUT2D eigenvalue weighted by molar-refractivity contribution is 6.30. The number of amides is 2. The van der Waals surface area contributed by atoms with Crippen LogP contribution in [-0.4, -0.2) is 36.8 Å². The smallest absolute Gasteiger partial charge is 0.322 e.